The fourth-order valence-electron chi connectivity index (χ4n) is 3.51. The summed E-state index contributed by atoms with van der Waals surface area (Å²) in [7, 11) is 0. The number of hydrogen-bond acceptors (Lipinski definition) is 7. The van der Waals surface area contributed by atoms with Crippen molar-refractivity contribution in [1.29, 1.82) is 0 Å². The summed E-state index contributed by atoms with van der Waals surface area (Å²) < 4.78 is 17.5. The van der Waals surface area contributed by atoms with Gasteiger partial charge in [0.25, 0.3) is 5.89 Å². The molecule has 7 heteroatoms. The lowest BCUT2D eigenvalue weighted by Gasteiger charge is -2.32. The van der Waals surface area contributed by atoms with Gasteiger partial charge in [-0.3, -0.25) is 4.90 Å². The average Bonchev–Trinajstić information content (AvgIpc) is 3.39. The molecule has 0 saturated carbocycles. The van der Waals surface area contributed by atoms with E-state index in [1.165, 1.54) is 11.1 Å². The Bertz CT molecular complexity index is 923. The van der Waals surface area contributed by atoms with Crippen LogP contribution in [0.3, 0.4) is 0 Å². The van der Waals surface area contributed by atoms with Gasteiger partial charge in [0, 0.05) is 13.1 Å². The van der Waals surface area contributed by atoms with Gasteiger partial charge in [-0.1, -0.05) is 6.07 Å². The van der Waals surface area contributed by atoms with E-state index in [4.69, 9.17) is 13.9 Å². The van der Waals surface area contributed by atoms with Gasteiger partial charge >= 0.3 is 0 Å². The largest absolute Gasteiger partial charge is 0.490 e. The Morgan fingerprint density at radius 2 is 1.89 bits per heavy atom. The van der Waals surface area contributed by atoms with Gasteiger partial charge in [0.05, 0.1) is 24.1 Å². The second kappa shape index (κ2) is 8.32. The summed E-state index contributed by atoms with van der Waals surface area (Å²) in [5.41, 5.74) is 2.59. The molecule has 28 heavy (non-hydrogen) atoms. The van der Waals surface area contributed by atoms with Crippen LogP contribution in [0.5, 0.6) is 11.5 Å². The minimum Gasteiger partial charge on any atom is -0.490 e. The van der Waals surface area contributed by atoms with Crippen LogP contribution in [0.25, 0.3) is 10.8 Å². The van der Waals surface area contributed by atoms with Gasteiger partial charge < -0.3 is 13.9 Å². The van der Waals surface area contributed by atoms with Gasteiger partial charge in [-0.15, -0.1) is 21.5 Å². The summed E-state index contributed by atoms with van der Waals surface area (Å²) in [6, 6.07) is 8.29. The molecular formula is C21H25N3O3S. The molecule has 0 amide bonds. The van der Waals surface area contributed by atoms with E-state index in [0.29, 0.717) is 25.0 Å². The topological polar surface area (TPSA) is 60.6 Å². The number of benzene rings is 1. The molecule has 0 aliphatic carbocycles. The first-order valence-corrected chi connectivity index (χ1v) is 10.6. The second-order valence-corrected chi connectivity index (χ2v) is 7.70. The Morgan fingerprint density at radius 1 is 1.14 bits per heavy atom. The van der Waals surface area contributed by atoms with E-state index in [1.54, 1.807) is 11.3 Å². The Hall–Kier alpha value is -2.38. The average molecular weight is 400 g/mol. The van der Waals surface area contributed by atoms with Gasteiger partial charge in [-0.25, -0.2) is 0 Å². The smallest absolute Gasteiger partial charge is 0.257 e. The Labute approximate surface area is 169 Å². The SMILES string of the molecule is CCOc1cc2c(cc1OCC)CN([C@@H](C)c1nnc(-c3cccs3)o1)CC2. The van der Waals surface area contributed by atoms with Crippen molar-refractivity contribution in [2.45, 2.75) is 39.8 Å². The Kier molecular flexibility index (Phi) is 5.64. The fourth-order valence-corrected chi connectivity index (χ4v) is 4.16. The molecular weight excluding hydrogens is 374 g/mol. The number of nitrogens with zero attached hydrogens (tertiary/aromatic N) is 3. The second-order valence-electron chi connectivity index (χ2n) is 6.75. The van der Waals surface area contributed by atoms with E-state index in [2.05, 4.69) is 34.2 Å². The van der Waals surface area contributed by atoms with Gasteiger partial charge in [-0.05, 0) is 61.9 Å². The van der Waals surface area contributed by atoms with E-state index >= 15 is 0 Å². The van der Waals surface area contributed by atoms with Crippen LogP contribution in [-0.4, -0.2) is 34.9 Å². The van der Waals surface area contributed by atoms with Crippen LogP contribution in [0, 0.1) is 0 Å². The molecule has 0 saturated heterocycles. The van der Waals surface area contributed by atoms with Crippen LogP contribution in [0.4, 0.5) is 0 Å². The van der Waals surface area contributed by atoms with Crippen molar-refractivity contribution in [2.24, 2.45) is 0 Å². The number of hydrogen-bond donors (Lipinski definition) is 0. The van der Waals surface area contributed by atoms with Crippen LogP contribution in [0.1, 0.15) is 43.8 Å². The maximum absolute atomic E-state index is 5.95. The monoisotopic (exact) mass is 399 g/mol. The van der Waals surface area contributed by atoms with Crippen molar-refractivity contribution in [1.82, 2.24) is 15.1 Å². The molecule has 3 heterocycles. The Morgan fingerprint density at radius 3 is 2.57 bits per heavy atom. The van der Waals surface area contributed by atoms with E-state index < -0.39 is 0 Å². The standard InChI is InChI=1S/C21H25N3O3S/c1-4-25-17-11-15-8-9-24(13-16(15)12-18(17)26-5-2)14(3)20-22-23-21(27-20)19-7-6-10-28-19/h6-7,10-12,14H,4-5,8-9,13H2,1-3H3/t14-/m0/s1. The highest BCUT2D eigenvalue weighted by Crippen LogP contribution is 2.36. The predicted molar refractivity (Wildman–Crippen MR) is 109 cm³/mol. The molecule has 0 radical (unpaired) electrons. The molecule has 0 fully saturated rings. The quantitative estimate of drug-likeness (QED) is 0.573. The van der Waals surface area contributed by atoms with Gasteiger partial charge in [0.15, 0.2) is 11.5 Å². The van der Waals surface area contributed by atoms with Gasteiger partial charge in [0.2, 0.25) is 5.89 Å². The third kappa shape index (κ3) is 3.77. The van der Waals surface area contributed by atoms with Crippen molar-refractivity contribution < 1.29 is 13.9 Å². The molecule has 1 atom stereocenters. The van der Waals surface area contributed by atoms with E-state index in [1.807, 2.05) is 31.4 Å². The van der Waals surface area contributed by atoms with Crippen LogP contribution in [0.15, 0.2) is 34.1 Å². The molecule has 148 valence electrons. The highest BCUT2D eigenvalue weighted by atomic mass is 32.1. The maximum Gasteiger partial charge on any atom is 0.257 e. The molecule has 0 unspecified atom stereocenters. The summed E-state index contributed by atoms with van der Waals surface area (Å²) in [4.78, 5) is 3.36. The fraction of sp³-hybridized carbons (Fsp3) is 0.429. The zero-order chi connectivity index (χ0) is 19.5. The number of aromatic nitrogens is 2. The molecule has 1 aliphatic heterocycles. The van der Waals surface area contributed by atoms with E-state index in [9.17, 15) is 0 Å². The van der Waals surface area contributed by atoms with Crippen LogP contribution in [-0.2, 0) is 13.0 Å². The molecule has 0 spiro atoms. The van der Waals surface area contributed by atoms with Crippen molar-refractivity contribution in [2.75, 3.05) is 19.8 Å². The minimum absolute atomic E-state index is 0.0523. The summed E-state index contributed by atoms with van der Waals surface area (Å²) in [6.07, 6.45) is 0.956. The summed E-state index contributed by atoms with van der Waals surface area (Å²) >= 11 is 1.60. The van der Waals surface area contributed by atoms with Gasteiger partial charge in [0.1, 0.15) is 0 Å². The van der Waals surface area contributed by atoms with Crippen molar-refractivity contribution in [3.63, 3.8) is 0 Å². The minimum atomic E-state index is 0.0523. The van der Waals surface area contributed by atoms with Crippen molar-refractivity contribution in [3.05, 3.63) is 46.7 Å². The highest BCUT2D eigenvalue weighted by molar-refractivity contribution is 7.13. The van der Waals surface area contributed by atoms with Crippen molar-refractivity contribution in [3.8, 4) is 22.3 Å². The van der Waals surface area contributed by atoms with Crippen LogP contribution < -0.4 is 9.47 Å². The van der Waals surface area contributed by atoms with E-state index in [0.717, 1.165) is 35.9 Å². The third-order valence-corrected chi connectivity index (χ3v) is 5.84. The lowest BCUT2D eigenvalue weighted by Crippen LogP contribution is -2.33. The number of ether oxygens (including phenoxy) is 2. The van der Waals surface area contributed by atoms with Gasteiger partial charge in [-0.2, -0.15) is 0 Å². The number of fused-ring (bicyclic) bond motifs is 1. The lowest BCUT2D eigenvalue weighted by molar-refractivity contribution is 0.166. The van der Waals surface area contributed by atoms with E-state index in [-0.39, 0.29) is 6.04 Å². The maximum atomic E-state index is 5.95. The molecule has 0 N–H and O–H groups in total. The normalized spacial score (nSPS) is 15.2. The summed E-state index contributed by atoms with van der Waals surface area (Å²) in [5, 5.41) is 10.5. The molecule has 0 bridgehead atoms. The van der Waals surface area contributed by atoms with Crippen LogP contribution >= 0.6 is 11.3 Å². The molecule has 3 aromatic rings. The third-order valence-electron chi connectivity index (χ3n) is 4.99. The highest BCUT2D eigenvalue weighted by Gasteiger charge is 2.27. The molecule has 1 aromatic carbocycles. The molecule has 4 rings (SSSR count). The summed E-state index contributed by atoms with van der Waals surface area (Å²) in [5.74, 6) is 2.90. The zero-order valence-electron chi connectivity index (χ0n) is 16.5. The lowest BCUT2D eigenvalue weighted by atomic mass is 9.97. The first-order valence-electron chi connectivity index (χ1n) is 9.72. The Balaban J connectivity index is 1.53. The number of rotatable bonds is 7. The summed E-state index contributed by atoms with van der Waals surface area (Å²) in [6.45, 7) is 9.11. The predicted octanol–water partition coefficient (Wildman–Crippen LogP) is 4.71. The zero-order valence-corrected chi connectivity index (χ0v) is 17.3. The molecule has 1 aliphatic rings. The molecule has 6 nitrogen and oxygen atoms in total. The van der Waals surface area contributed by atoms with Crippen molar-refractivity contribution >= 4 is 11.3 Å². The van der Waals surface area contributed by atoms with Crippen LogP contribution in [0.2, 0.25) is 0 Å². The first kappa shape index (κ1) is 19.0. The number of thiophene rings is 1. The molecule has 2 aromatic heterocycles. The first-order chi connectivity index (χ1) is 13.7.